The highest BCUT2D eigenvalue weighted by atomic mass is 16.3. The molecule has 0 bridgehead atoms. The first-order chi connectivity index (χ1) is 10.2. The lowest BCUT2D eigenvalue weighted by atomic mass is 10.0. The number of carbonyl (C=O) groups is 1. The van der Waals surface area contributed by atoms with E-state index in [0.29, 0.717) is 11.3 Å². The Hall–Kier alpha value is -2.82. The first-order valence-corrected chi connectivity index (χ1v) is 6.59. The van der Waals surface area contributed by atoms with Crippen LogP contribution < -0.4 is 10.9 Å². The Balaban J connectivity index is 1.96. The number of amides is 1. The third-order valence-corrected chi connectivity index (χ3v) is 3.41. The smallest absolute Gasteiger partial charge is 0.261 e. The molecule has 1 aromatic carbocycles. The largest absolute Gasteiger partial charge is 0.467 e. The van der Waals surface area contributed by atoms with Crippen molar-refractivity contribution in [2.24, 2.45) is 0 Å². The molecule has 3 aromatic rings. The standard InChI is InChI=1S/C16H14N2O3/c1-10-12-6-2-3-7-13(12)18-16(20)14(10)15(19)17-9-11-5-4-8-21-11/h2-8H,9H2,1H3,(H,17,19)(H,18,20). The average Bonchev–Trinajstić information content (AvgIpc) is 2.98. The Morgan fingerprint density at radius 1 is 1.24 bits per heavy atom. The number of H-pyrrole nitrogens is 1. The Morgan fingerprint density at radius 3 is 2.81 bits per heavy atom. The van der Waals surface area contributed by atoms with E-state index in [2.05, 4.69) is 10.3 Å². The molecule has 0 saturated heterocycles. The molecule has 0 atom stereocenters. The minimum absolute atomic E-state index is 0.139. The molecule has 5 nitrogen and oxygen atoms in total. The highest BCUT2D eigenvalue weighted by Gasteiger charge is 2.16. The van der Waals surface area contributed by atoms with Gasteiger partial charge in [-0.2, -0.15) is 0 Å². The summed E-state index contributed by atoms with van der Waals surface area (Å²) < 4.78 is 5.15. The highest BCUT2D eigenvalue weighted by molar-refractivity contribution is 5.99. The first kappa shape index (κ1) is 13.2. The van der Waals surface area contributed by atoms with Crippen LogP contribution in [-0.4, -0.2) is 10.9 Å². The van der Waals surface area contributed by atoms with Crippen molar-refractivity contribution in [1.29, 1.82) is 0 Å². The Morgan fingerprint density at radius 2 is 2.05 bits per heavy atom. The molecule has 0 fully saturated rings. The molecular formula is C16H14N2O3. The second-order valence-electron chi connectivity index (χ2n) is 4.76. The van der Waals surface area contributed by atoms with E-state index in [9.17, 15) is 9.59 Å². The maximum atomic E-state index is 12.3. The van der Waals surface area contributed by atoms with Crippen LogP contribution in [0.5, 0.6) is 0 Å². The van der Waals surface area contributed by atoms with Gasteiger partial charge in [-0.3, -0.25) is 9.59 Å². The van der Waals surface area contributed by atoms with Gasteiger partial charge in [0.1, 0.15) is 11.3 Å². The van der Waals surface area contributed by atoms with Gasteiger partial charge in [0.25, 0.3) is 11.5 Å². The minimum atomic E-state index is -0.407. The molecule has 0 aliphatic heterocycles. The molecule has 0 saturated carbocycles. The quantitative estimate of drug-likeness (QED) is 0.774. The van der Waals surface area contributed by atoms with Crippen LogP contribution in [-0.2, 0) is 6.54 Å². The molecule has 0 unspecified atom stereocenters. The van der Waals surface area contributed by atoms with Crippen LogP contribution in [0.2, 0.25) is 0 Å². The number of pyridine rings is 1. The molecular weight excluding hydrogens is 268 g/mol. The molecule has 3 rings (SSSR count). The topological polar surface area (TPSA) is 75.1 Å². The van der Waals surface area contributed by atoms with Crippen molar-refractivity contribution in [3.05, 3.63) is 69.9 Å². The van der Waals surface area contributed by atoms with Gasteiger partial charge in [-0.25, -0.2) is 0 Å². The fraction of sp³-hybridized carbons (Fsp3) is 0.125. The van der Waals surface area contributed by atoms with Crippen molar-refractivity contribution in [2.75, 3.05) is 0 Å². The molecule has 0 aliphatic rings. The maximum absolute atomic E-state index is 12.3. The van der Waals surface area contributed by atoms with E-state index in [0.717, 1.165) is 10.9 Å². The van der Waals surface area contributed by atoms with E-state index in [1.54, 1.807) is 19.1 Å². The molecule has 2 heterocycles. The van der Waals surface area contributed by atoms with Gasteiger partial charge in [0, 0.05) is 10.9 Å². The molecule has 0 spiro atoms. The molecule has 21 heavy (non-hydrogen) atoms. The maximum Gasteiger partial charge on any atom is 0.261 e. The number of nitrogens with one attached hydrogen (secondary N) is 2. The number of benzene rings is 1. The molecule has 2 aromatic heterocycles. The van der Waals surface area contributed by atoms with E-state index >= 15 is 0 Å². The van der Waals surface area contributed by atoms with Crippen molar-refractivity contribution in [3.63, 3.8) is 0 Å². The Labute approximate surface area is 120 Å². The number of para-hydroxylation sites is 1. The van der Waals surface area contributed by atoms with Crippen molar-refractivity contribution in [1.82, 2.24) is 10.3 Å². The lowest BCUT2D eigenvalue weighted by Gasteiger charge is -2.08. The summed E-state index contributed by atoms with van der Waals surface area (Å²) in [7, 11) is 0. The number of fused-ring (bicyclic) bond motifs is 1. The summed E-state index contributed by atoms with van der Waals surface area (Å²) in [4.78, 5) is 27.1. The van der Waals surface area contributed by atoms with Crippen LogP contribution in [0.15, 0.2) is 51.9 Å². The van der Waals surface area contributed by atoms with Gasteiger partial charge in [0.05, 0.1) is 12.8 Å². The van der Waals surface area contributed by atoms with Gasteiger partial charge in [0.15, 0.2) is 0 Å². The van der Waals surface area contributed by atoms with Crippen LogP contribution in [0.3, 0.4) is 0 Å². The van der Waals surface area contributed by atoms with Crippen LogP contribution in [0.4, 0.5) is 0 Å². The van der Waals surface area contributed by atoms with Gasteiger partial charge in [0.2, 0.25) is 0 Å². The summed E-state index contributed by atoms with van der Waals surface area (Å²) in [5.74, 6) is 0.231. The van der Waals surface area contributed by atoms with E-state index in [-0.39, 0.29) is 17.7 Å². The SMILES string of the molecule is Cc1c(C(=O)NCc2ccco2)c(=O)[nH]c2ccccc12. The number of hydrogen-bond acceptors (Lipinski definition) is 3. The van der Waals surface area contributed by atoms with Gasteiger partial charge < -0.3 is 14.7 Å². The van der Waals surface area contributed by atoms with Crippen molar-refractivity contribution in [3.8, 4) is 0 Å². The van der Waals surface area contributed by atoms with Crippen LogP contribution in [0.1, 0.15) is 21.7 Å². The normalized spacial score (nSPS) is 10.7. The average molecular weight is 282 g/mol. The molecule has 0 aliphatic carbocycles. The van der Waals surface area contributed by atoms with Crippen LogP contribution in [0, 0.1) is 6.92 Å². The number of carbonyl (C=O) groups excluding carboxylic acids is 1. The van der Waals surface area contributed by atoms with E-state index in [4.69, 9.17) is 4.42 Å². The fourth-order valence-electron chi connectivity index (χ4n) is 2.35. The monoisotopic (exact) mass is 282 g/mol. The summed E-state index contributed by atoms with van der Waals surface area (Å²) in [6.45, 7) is 2.02. The third-order valence-electron chi connectivity index (χ3n) is 3.41. The summed E-state index contributed by atoms with van der Waals surface area (Å²) in [5.41, 5.74) is 1.15. The summed E-state index contributed by atoms with van der Waals surface area (Å²) in [5, 5.41) is 3.56. The van der Waals surface area contributed by atoms with E-state index < -0.39 is 5.91 Å². The lowest BCUT2D eigenvalue weighted by molar-refractivity contribution is 0.0946. The highest BCUT2D eigenvalue weighted by Crippen LogP contribution is 2.16. The van der Waals surface area contributed by atoms with Crippen molar-refractivity contribution >= 4 is 16.8 Å². The van der Waals surface area contributed by atoms with E-state index in [1.807, 2.05) is 24.3 Å². The second-order valence-corrected chi connectivity index (χ2v) is 4.76. The van der Waals surface area contributed by atoms with Crippen LogP contribution in [0.25, 0.3) is 10.9 Å². The summed E-state index contributed by atoms with van der Waals surface area (Å²) in [6, 6.07) is 10.9. The van der Waals surface area contributed by atoms with Crippen LogP contribution >= 0.6 is 0 Å². The number of furan rings is 1. The Bertz CT molecular complexity index is 848. The van der Waals surface area contributed by atoms with Gasteiger partial charge in [-0.05, 0) is 30.7 Å². The minimum Gasteiger partial charge on any atom is -0.467 e. The zero-order valence-electron chi connectivity index (χ0n) is 11.5. The van der Waals surface area contributed by atoms with Gasteiger partial charge >= 0.3 is 0 Å². The zero-order valence-corrected chi connectivity index (χ0v) is 11.5. The lowest BCUT2D eigenvalue weighted by Crippen LogP contribution is -2.30. The molecule has 106 valence electrons. The number of hydrogen-bond donors (Lipinski definition) is 2. The molecule has 1 amide bonds. The molecule has 0 radical (unpaired) electrons. The number of aryl methyl sites for hydroxylation is 1. The van der Waals surface area contributed by atoms with Gasteiger partial charge in [-0.15, -0.1) is 0 Å². The first-order valence-electron chi connectivity index (χ1n) is 6.59. The van der Waals surface area contributed by atoms with Crippen molar-refractivity contribution < 1.29 is 9.21 Å². The van der Waals surface area contributed by atoms with Crippen molar-refractivity contribution in [2.45, 2.75) is 13.5 Å². The predicted molar refractivity (Wildman–Crippen MR) is 79.2 cm³/mol. The molecule has 5 heteroatoms. The summed E-state index contributed by atoms with van der Waals surface area (Å²) >= 11 is 0. The predicted octanol–water partition coefficient (Wildman–Crippen LogP) is 2.36. The number of aromatic nitrogens is 1. The number of rotatable bonds is 3. The zero-order chi connectivity index (χ0) is 14.8. The summed E-state index contributed by atoms with van der Waals surface area (Å²) in [6.07, 6.45) is 1.54. The fourth-order valence-corrected chi connectivity index (χ4v) is 2.35. The third kappa shape index (κ3) is 2.45. The second kappa shape index (κ2) is 5.28. The number of aromatic amines is 1. The van der Waals surface area contributed by atoms with Gasteiger partial charge in [-0.1, -0.05) is 18.2 Å². The molecule has 2 N–H and O–H groups in total. The van der Waals surface area contributed by atoms with E-state index in [1.165, 1.54) is 6.26 Å². The Kier molecular flexibility index (Phi) is 3.31.